The predicted molar refractivity (Wildman–Crippen MR) is 74.9 cm³/mol. The number of fused-ring (bicyclic) bond motifs is 1. The Morgan fingerprint density at radius 1 is 1.25 bits per heavy atom. The third kappa shape index (κ3) is 1.66. The van der Waals surface area contributed by atoms with Crippen LogP contribution in [0.15, 0.2) is 34.8 Å². The number of aryl methyl sites for hydroxylation is 1. The van der Waals surface area contributed by atoms with E-state index in [0.717, 1.165) is 6.42 Å². The van der Waals surface area contributed by atoms with Crippen molar-refractivity contribution in [2.24, 2.45) is 0 Å². The summed E-state index contributed by atoms with van der Waals surface area (Å²) in [5.74, 6) is 0. The maximum atomic E-state index is 3.66. The van der Waals surface area contributed by atoms with Crippen LogP contribution in [0, 0.1) is 6.92 Å². The zero-order valence-electron chi connectivity index (χ0n) is 8.96. The predicted octanol–water partition coefficient (Wildman–Crippen LogP) is 5.06. The number of hydrogen-bond donors (Lipinski definition) is 0. The highest BCUT2D eigenvalue weighted by Crippen LogP contribution is 2.35. The molecule has 0 N–H and O–H groups in total. The first-order valence-corrected chi connectivity index (χ1v) is 6.91. The van der Waals surface area contributed by atoms with Gasteiger partial charge in [0, 0.05) is 14.2 Å². The van der Waals surface area contributed by atoms with E-state index >= 15 is 0 Å². The second kappa shape index (κ2) is 3.86. The molecule has 16 heavy (non-hydrogen) atoms. The molecule has 0 spiro atoms. The van der Waals surface area contributed by atoms with Crippen LogP contribution in [0.1, 0.15) is 16.0 Å². The van der Waals surface area contributed by atoms with Crippen molar-refractivity contribution in [3.8, 4) is 10.4 Å². The summed E-state index contributed by atoms with van der Waals surface area (Å²) >= 11 is 5.51. The molecule has 0 atom stereocenters. The molecule has 0 fully saturated rings. The lowest BCUT2D eigenvalue weighted by Crippen LogP contribution is -1.85. The number of thiophene rings is 1. The topological polar surface area (TPSA) is 0 Å². The number of rotatable bonds is 1. The van der Waals surface area contributed by atoms with Gasteiger partial charge in [-0.05, 0) is 54.3 Å². The van der Waals surface area contributed by atoms with E-state index in [-0.39, 0.29) is 0 Å². The molecule has 80 valence electrons. The van der Waals surface area contributed by atoms with Gasteiger partial charge in [0.25, 0.3) is 0 Å². The number of halogens is 1. The van der Waals surface area contributed by atoms with Crippen LogP contribution >= 0.6 is 27.3 Å². The van der Waals surface area contributed by atoms with Crippen molar-refractivity contribution in [2.45, 2.75) is 13.3 Å². The second-order valence-corrected chi connectivity index (χ2v) is 6.19. The molecular formula is C14H11BrS. The minimum atomic E-state index is 1.06. The van der Waals surface area contributed by atoms with Gasteiger partial charge in [-0.3, -0.25) is 0 Å². The van der Waals surface area contributed by atoms with E-state index in [1.54, 1.807) is 0 Å². The van der Waals surface area contributed by atoms with E-state index in [1.165, 1.54) is 30.9 Å². The first kappa shape index (κ1) is 10.3. The number of hydrogen-bond acceptors (Lipinski definition) is 1. The Morgan fingerprint density at radius 3 is 2.88 bits per heavy atom. The van der Waals surface area contributed by atoms with Gasteiger partial charge in [0.2, 0.25) is 0 Å². The molecule has 0 nitrogen and oxygen atoms in total. The van der Waals surface area contributed by atoms with Crippen molar-refractivity contribution >= 4 is 33.3 Å². The normalized spacial score (nSPS) is 13.1. The molecule has 0 radical (unpaired) electrons. The summed E-state index contributed by atoms with van der Waals surface area (Å²) < 4.78 is 1.21. The first-order valence-electron chi connectivity index (χ1n) is 5.30. The fourth-order valence-corrected chi connectivity index (χ4v) is 3.55. The Labute approximate surface area is 108 Å². The van der Waals surface area contributed by atoms with Crippen LogP contribution < -0.4 is 0 Å². The smallest absolute Gasteiger partial charge is 0.0346 e. The molecule has 1 aromatic heterocycles. The van der Waals surface area contributed by atoms with Crippen LogP contribution in [0.4, 0.5) is 0 Å². The van der Waals surface area contributed by atoms with Gasteiger partial charge in [-0.15, -0.1) is 11.3 Å². The van der Waals surface area contributed by atoms with E-state index in [4.69, 9.17) is 0 Å². The molecule has 3 rings (SSSR count). The quantitative estimate of drug-likeness (QED) is 0.689. The van der Waals surface area contributed by atoms with Crippen LogP contribution in [-0.2, 0) is 6.42 Å². The van der Waals surface area contributed by atoms with E-state index in [9.17, 15) is 0 Å². The van der Waals surface area contributed by atoms with Crippen LogP contribution in [0.2, 0.25) is 0 Å². The van der Waals surface area contributed by atoms with Crippen molar-refractivity contribution in [1.82, 2.24) is 0 Å². The number of allylic oxidation sites excluding steroid dienone is 1. The largest absolute Gasteiger partial charge is 0.141 e. The van der Waals surface area contributed by atoms with Gasteiger partial charge in [0.15, 0.2) is 0 Å². The standard InChI is InChI=1S/C14H11BrS/c1-9-5-6-14(16-9)11-7-10-3-2-4-12(10)13(15)8-11/h2,4-8H,3H2,1H3. The molecule has 2 aromatic rings. The van der Waals surface area contributed by atoms with Crippen molar-refractivity contribution < 1.29 is 0 Å². The Kier molecular flexibility index (Phi) is 2.49. The van der Waals surface area contributed by atoms with Gasteiger partial charge in [-0.1, -0.05) is 28.1 Å². The van der Waals surface area contributed by atoms with Crippen LogP contribution in [0.5, 0.6) is 0 Å². The Hall–Kier alpha value is -0.860. The molecule has 1 aromatic carbocycles. The summed E-state index contributed by atoms with van der Waals surface area (Å²) in [4.78, 5) is 2.72. The minimum absolute atomic E-state index is 1.06. The molecule has 0 unspecified atom stereocenters. The average Bonchev–Trinajstić information content (AvgIpc) is 2.85. The second-order valence-electron chi connectivity index (χ2n) is 4.05. The summed E-state index contributed by atoms with van der Waals surface area (Å²) in [5, 5.41) is 0. The molecule has 0 amide bonds. The lowest BCUT2D eigenvalue weighted by Gasteiger charge is -2.05. The van der Waals surface area contributed by atoms with Gasteiger partial charge in [-0.2, -0.15) is 0 Å². The molecular weight excluding hydrogens is 280 g/mol. The van der Waals surface area contributed by atoms with E-state index in [0.29, 0.717) is 0 Å². The van der Waals surface area contributed by atoms with Gasteiger partial charge in [0.05, 0.1) is 0 Å². The SMILES string of the molecule is Cc1ccc(-c2cc(Br)c3c(c2)CC=C3)s1. The highest BCUT2D eigenvalue weighted by atomic mass is 79.9. The fourth-order valence-electron chi connectivity index (χ4n) is 2.07. The summed E-state index contributed by atoms with van der Waals surface area (Å²) in [6.45, 7) is 2.15. The third-order valence-corrected chi connectivity index (χ3v) is 4.57. The molecule has 0 saturated carbocycles. The fraction of sp³-hybridized carbons (Fsp3) is 0.143. The maximum Gasteiger partial charge on any atom is 0.0346 e. The highest BCUT2D eigenvalue weighted by molar-refractivity contribution is 9.10. The van der Waals surface area contributed by atoms with Gasteiger partial charge in [-0.25, -0.2) is 0 Å². The molecule has 1 heterocycles. The zero-order valence-corrected chi connectivity index (χ0v) is 11.4. The van der Waals surface area contributed by atoms with Crippen molar-refractivity contribution in [2.75, 3.05) is 0 Å². The van der Waals surface area contributed by atoms with E-state index in [2.05, 4.69) is 59.3 Å². The summed E-state index contributed by atoms with van der Waals surface area (Å²) in [6.07, 6.45) is 5.48. The van der Waals surface area contributed by atoms with Gasteiger partial charge in [0.1, 0.15) is 0 Å². The Balaban J connectivity index is 2.14. The summed E-state index contributed by atoms with van der Waals surface area (Å²) in [7, 11) is 0. The maximum absolute atomic E-state index is 3.66. The Morgan fingerprint density at radius 2 is 2.12 bits per heavy atom. The summed E-state index contributed by atoms with van der Waals surface area (Å²) in [6, 6.07) is 8.92. The molecule has 0 aliphatic heterocycles. The first-order chi connectivity index (χ1) is 7.74. The van der Waals surface area contributed by atoms with Crippen molar-refractivity contribution in [1.29, 1.82) is 0 Å². The van der Waals surface area contributed by atoms with Gasteiger partial charge >= 0.3 is 0 Å². The van der Waals surface area contributed by atoms with Crippen molar-refractivity contribution in [3.05, 3.63) is 50.8 Å². The average molecular weight is 291 g/mol. The molecule has 1 aliphatic rings. The monoisotopic (exact) mass is 290 g/mol. The summed E-state index contributed by atoms with van der Waals surface area (Å²) in [5.41, 5.74) is 4.10. The zero-order chi connectivity index (χ0) is 11.1. The van der Waals surface area contributed by atoms with E-state index in [1.807, 2.05) is 11.3 Å². The van der Waals surface area contributed by atoms with Gasteiger partial charge < -0.3 is 0 Å². The van der Waals surface area contributed by atoms with E-state index < -0.39 is 0 Å². The minimum Gasteiger partial charge on any atom is -0.141 e. The van der Waals surface area contributed by atoms with Crippen LogP contribution in [0.25, 0.3) is 16.5 Å². The lowest BCUT2D eigenvalue weighted by atomic mass is 10.1. The Bertz CT molecular complexity index is 578. The molecule has 0 bridgehead atoms. The lowest BCUT2D eigenvalue weighted by molar-refractivity contribution is 1.31. The van der Waals surface area contributed by atoms with Crippen LogP contribution in [-0.4, -0.2) is 0 Å². The molecule has 1 aliphatic carbocycles. The molecule has 2 heteroatoms. The van der Waals surface area contributed by atoms with Crippen LogP contribution in [0.3, 0.4) is 0 Å². The molecule has 0 saturated heterocycles. The third-order valence-electron chi connectivity index (χ3n) is 2.86. The highest BCUT2D eigenvalue weighted by Gasteiger charge is 2.11. The van der Waals surface area contributed by atoms with Crippen molar-refractivity contribution in [3.63, 3.8) is 0 Å². The number of benzene rings is 1.